The number of nitrogen functional groups attached to an aromatic ring is 1. The quantitative estimate of drug-likeness (QED) is 0.150. The lowest BCUT2D eigenvalue weighted by Crippen LogP contribution is -2.29. The molecule has 10 nitrogen and oxygen atoms in total. The van der Waals surface area contributed by atoms with E-state index in [1.165, 1.54) is 0 Å². The summed E-state index contributed by atoms with van der Waals surface area (Å²) in [6.45, 7) is 3.64. The molecule has 4 aliphatic rings. The third-order valence-corrected chi connectivity index (χ3v) is 14.2. The minimum absolute atomic E-state index is 0. The molecule has 4 aliphatic carbocycles. The van der Waals surface area contributed by atoms with Crippen molar-refractivity contribution in [2.45, 2.75) is 122 Å². The van der Waals surface area contributed by atoms with E-state index in [4.69, 9.17) is 39.6 Å². The second-order valence-electron chi connectivity index (χ2n) is 13.4. The summed E-state index contributed by atoms with van der Waals surface area (Å²) in [4.78, 5) is 23.0. The van der Waals surface area contributed by atoms with Crippen molar-refractivity contribution in [2.75, 3.05) is 21.1 Å². The lowest BCUT2D eigenvalue weighted by molar-refractivity contribution is -0.115. The number of sulfonamides is 1. The van der Waals surface area contributed by atoms with Gasteiger partial charge in [-0.3, -0.25) is 14.3 Å². The van der Waals surface area contributed by atoms with Crippen molar-refractivity contribution in [3.05, 3.63) is 69.0 Å². The van der Waals surface area contributed by atoms with Crippen LogP contribution in [0.2, 0.25) is 10.0 Å². The van der Waals surface area contributed by atoms with Gasteiger partial charge in [-0.1, -0.05) is 69.2 Å². The third kappa shape index (κ3) is 12.4. The summed E-state index contributed by atoms with van der Waals surface area (Å²) in [5.74, 6) is 0.351. The van der Waals surface area contributed by atoms with Crippen LogP contribution in [0.3, 0.4) is 0 Å². The number of anilines is 4. The fourth-order valence-electron chi connectivity index (χ4n) is 6.48. The van der Waals surface area contributed by atoms with E-state index in [1.807, 2.05) is 13.0 Å². The molecule has 288 valence electrons. The molecule has 0 aliphatic heterocycles. The molecule has 0 aromatic heterocycles. The van der Waals surface area contributed by atoms with Crippen LogP contribution in [0, 0.1) is 0 Å². The van der Waals surface area contributed by atoms with Gasteiger partial charge in [0.25, 0.3) is 0 Å². The van der Waals surface area contributed by atoms with E-state index in [-0.39, 0.29) is 29.5 Å². The third-order valence-electron chi connectivity index (χ3n) is 9.68. The highest BCUT2D eigenvalue weighted by atomic mass is 35.7. The van der Waals surface area contributed by atoms with Crippen LogP contribution < -0.4 is 21.1 Å². The van der Waals surface area contributed by atoms with Gasteiger partial charge in [-0.05, 0) is 88.8 Å². The van der Waals surface area contributed by atoms with Crippen LogP contribution in [0.4, 0.5) is 22.7 Å². The number of halogens is 3. The van der Waals surface area contributed by atoms with E-state index < -0.39 is 19.1 Å². The number of nitrogens with one attached hydrogen (secondary N) is 3. The van der Waals surface area contributed by atoms with Crippen LogP contribution in [-0.2, 0) is 28.7 Å². The summed E-state index contributed by atoms with van der Waals surface area (Å²) >= 11 is 12.3. The maximum Gasteiger partial charge on any atom is 0.235 e. The smallest absolute Gasteiger partial charge is 0.235 e. The van der Waals surface area contributed by atoms with E-state index in [9.17, 15) is 26.4 Å². The van der Waals surface area contributed by atoms with Gasteiger partial charge in [0, 0.05) is 51.8 Å². The Bertz CT molecular complexity index is 1890. The average Bonchev–Trinajstić information content (AvgIpc) is 3.58. The molecule has 2 fully saturated rings. The Morgan fingerprint density at radius 3 is 1.48 bits per heavy atom. The normalized spacial score (nSPS) is 18.6. The first-order valence-corrected chi connectivity index (χ1v) is 22.0. The summed E-state index contributed by atoms with van der Waals surface area (Å²) in [6, 6.07) is 10.3. The molecule has 0 heterocycles. The molecule has 0 unspecified atom stereocenters. The van der Waals surface area contributed by atoms with Gasteiger partial charge in [-0.25, -0.2) is 16.8 Å². The molecule has 52 heavy (non-hydrogen) atoms. The number of benzene rings is 2. The van der Waals surface area contributed by atoms with Crippen LogP contribution in [0.1, 0.15) is 111 Å². The summed E-state index contributed by atoms with van der Waals surface area (Å²) < 4.78 is 49.2. The molecule has 5 N–H and O–H groups in total. The summed E-state index contributed by atoms with van der Waals surface area (Å²) in [5.41, 5.74) is 11.5. The maximum absolute atomic E-state index is 12.5. The number of ketones is 2. The molecular weight excluding hydrogens is 767 g/mol. The standard InChI is InChI=1S/C18H23ClN2O3S.C12H13ClN2O.C6H11ClO2S.CH4/c1-12-16(9-10-18(12)22)20-17-8-7-13(11-15(17)19)21-25(23,24)14-5-3-2-4-6-14;1-7-10(4-5-12(7)16)15-11-3-2-8(14)6-9(11)13;7-10(8,9)6-4-2-1-3-5-6;/h7-8,11,14,20-21H,2-6,9-10H2,1H3;2-3,6,15H,4-5,14H2,1H3;6H,1-5H2;1H4. The highest BCUT2D eigenvalue weighted by molar-refractivity contribution is 8.14. The zero-order valence-corrected chi connectivity index (χ0v) is 32.9. The van der Waals surface area contributed by atoms with Gasteiger partial charge in [-0.2, -0.15) is 0 Å². The summed E-state index contributed by atoms with van der Waals surface area (Å²) in [7, 11) is -1.46. The minimum atomic E-state index is -3.39. The first-order valence-electron chi connectivity index (χ1n) is 17.3. The van der Waals surface area contributed by atoms with Gasteiger partial charge in [0.05, 0.1) is 37.6 Å². The lowest BCUT2D eigenvalue weighted by atomic mass is 10.0. The number of carbonyl (C=O) groups is 2. The second kappa shape index (κ2) is 19.5. The fraction of sp³-hybridized carbons (Fsp3) is 0.514. The van der Waals surface area contributed by atoms with Gasteiger partial charge in [0.1, 0.15) is 0 Å². The first-order chi connectivity index (χ1) is 24.0. The van der Waals surface area contributed by atoms with E-state index in [0.29, 0.717) is 59.2 Å². The molecule has 2 saturated carbocycles. The lowest BCUT2D eigenvalue weighted by Gasteiger charge is -2.22. The zero-order chi connectivity index (χ0) is 37.3. The Morgan fingerprint density at radius 2 is 1.10 bits per heavy atom. The Morgan fingerprint density at radius 1 is 0.654 bits per heavy atom. The highest BCUT2D eigenvalue weighted by Crippen LogP contribution is 2.33. The molecule has 0 bridgehead atoms. The van der Waals surface area contributed by atoms with Crippen LogP contribution in [0.5, 0.6) is 0 Å². The number of nitrogens with two attached hydrogens (primary N) is 1. The maximum atomic E-state index is 12.5. The number of hydrogen-bond acceptors (Lipinski definition) is 9. The van der Waals surface area contributed by atoms with E-state index in [1.54, 1.807) is 37.3 Å². The average molecular weight is 818 g/mol. The Kier molecular flexibility index (Phi) is 16.4. The zero-order valence-electron chi connectivity index (χ0n) is 29.0. The molecule has 0 saturated heterocycles. The van der Waals surface area contributed by atoms with Crippen molar-refractivity contribution in [1.29, 1.82) is 0 Å². The van der Waals surface area contributed by atoms with Crippen molar-refractivity contribution < 1.29 is 26.4 Å². The Labute approximate surface area is 323 Å². The monoisotopic (exact) mass is 816 g/mol. The van der Waals surface area contributed by atoms with Crippen molar-refractivity contribution in [1.82, 2.24) is 0 Å². The molecule has 15 heteroatoms. The second-order valence-corrected chi connectivity index (χ2v) is 19.1. The van der Waals surface area contributed by atoms with Crippen molar-refractivity contribution in [3.63, 3.8) is 0 Å². The first kappa shape index (κ1) is 43.6. The molecular formula is C37H51Cl3N4O6S2. The van der Waals surface area contributed by atoms with Gasteiger partial charge >= 0.3 is 0 Å². The molecule has 0 spiro atoms. The Balaban J connectivity index is 0.000000231. The van der Waals surface area contributed by atoms with Crippen LogP contribution in [0.25, 0.3) is 0 Å². The van der Waals surface area contributed by atoms with Gasteiger partial charge < -0.3 is 16.4 Å². The fourth-order valence-corrected chi connectivity index (χ4v) is 9.95. The van der Waals surface area contributed by atoms with E-state index in [0.717, 1.165) is 86.0 Å². The number of allylic oxidation sites excluding steroid dienone is 4. The summed E-state index contributed by atoms with van der Waals surface area (Å²) in [6.07, 6.45) is 11.7. The molecule has 0 atom stereocenters. The van der Waals surface area contributed by atoms with Crippen LogP contribution in [-0.4, -0.2) is 38.9 Å². The molecule has 0 radical (unpaired) electrons. The van der Waals surface area contributed by atoms with E-state index >= 15 is 0 Å². The predicted octanol–water partition coefficient (Wildman–Crippen LogP) is 9.96. The topological polar surface area (TPSA) is 165 Å². The van der Waals surface area contributed by atoms with E-state index in [2.05, 4.69) is 15.4 Å². The van der Waals surface area contributed by atoms with Crippen molar-refractivity contribution in [2.24, 2.45) is 0 Å². The highest BCUT2D eigenvalue weighted by Gasteiger charge is 2.28. The SMILES string of the molecule is C.CC1=C(Nc2ccc(N)cc2Cl)CCC1=O.CC1=C(Nc2ccc(NS(=O)(=O)C3CCCCC3)cc2Cl)CCC1=O.O=S(=O)(Cl)C1CCCCC1. The summed E-state index contributed by atoms with van der Waals surface area (Å²) in [5, 5.41) is 6.78. The Hall–Kier alpha value is -2.77. The van der Waals surface area contributed by atoms with Crippen molar-refractivity contribution >= 4 is 87.3 Å². The number of hydrogen-bond donors (Lipinski definition) is 4. The van der Waals surface area contributed by atoms with Gasteiger partial charge in [-0.15, -0.1) is 0 Å². The number of rotatable bonds is 8. The molecule has 2 aromatic rings. The largest absolute Gasteiger partial charge is 0.399 e. The van der Waals surface area contributed by atoms with Gasteiger partial charge in [0.15, 0.2) is 11.6 Å². The molecule has 0 amide bonds. The van der Waals surface area contributed by atoms with Gasteiger partial charge in [0.2, 0.25) is 19.1 Å². The number of carbonyl (C=O) groups excluding carboxylic acids is 2. The van der Waals surface area contributed by atoms with Crippen molar-refractivity contribution in [3.8, 4) is 0 Å². The number of Topliss-reactive ketones (excluding diaryl/α,β-unsaturated/α-hetero) is 2. The van der Waals surface area contributed by atoms with Crippen LogP contribution >= 0.6 is 33.9 Å². The molecule has 6 rings (SSSR count). The predicted molar refractivity (Wildman–Crippen MR) is 216 cm³/mol. The minimum Gasteiger partial charge on any atom is -0.399 e. The molecule has 2 aromatic carbocycles. The van der Waals surface area contributed by atoms with Crippen LogP contribution in [0.15, 0.2) is 58.9 Å².